The Morgan fingerprint density at radius 2 is 1.93 bits per heavy atom. The lowest BCUT2D eigenvalue weighted by Gasteiger charge is -2.20. The first-order valence-electron chi connectivity index (χ1n) is 8.59. The Balaban J connectivity index is 1.60. The van der Waals surface area contributed by atoms with Gasteiger partial charge in [-0.2, -0.15) is 0 Å². The van der Waals surface area contributed by atoms with Crippen molar-refractivity contribution in [3.8, 4) is 11.5 Å². The minimum Gasteiger partial charge on any atom is -0.448 e. The number of hydrogen-bond donors (Lipinski definition) is 0. The van der Waals surface area contributed by atoms with Gasteiger partial charge in [0.15, 0.2) is 0 Å². The summed E-state index contributed by atoms with van der Waals surface area (Å²) in [6.07, 6.45) is 3.08. The van der Waals surface area contributed by atoms with Crippen LogP contribution in [-0.4, -0.2) is 45.4 Å². The summed E-state index contributed by atoms with van der Waals surface area (Å²) in [5, 5.41) is 11.4. The van der Waals surface area contributed by atoms with E-state index in [0.717, 1.165) is 26.2 Å². The van der Waals surface area contributed by atoms with Gasteiger partial charge in [-0.3, -0.25) is 19.7 Å². The summed E-state index contributed by atoms with van der Waals surface area (Å²) in [5.74, 6) is 0.544. The Kier molecular flexibility index (Phi) is 4.69. The summed E-state index contributed by atoms with van der Waals surface area (Å²) < 4.78 is 28.3. The lowest BCUT2D eigenvalue weighted by atomic mass is 10.1. The second-order valence-corrected chi connectivity index (χ2v) is 8.79. The first kappa shape index (κ1) is 18.1. The number of rotatable bonds is 8. The molecule has 1 aromatic carbocycles. The summed E-state index contributed by atoms with van der Waals surface area (Å²) >= 11 is 0. The molecule has 0 bridgehead atoms. The summed E-state index contributed by atoms with van der Waals surface area (Å²) in [7, 11) is -2.96. The summed E-state index contributed by atoms with van der Waals surface area (Å²) in [5.41, 5.74) is 1.14. The number of nitro benzene ring substituents is 1. The van der Waals surface area contributed by atoms with Crippen LogP contribution in [0.2, 0.25) is 0 Å². The Bertz CT molecular complexity index is 899. The van der Waals surface area contributed by atoms with Crippen LogP contribution in [0.1, 0.15) is 11.1 Å². The lowest BCUT2D eigenvalue weighted by molar-refractivity contribution is -0.385. The van der Waals surface area contributed by atoms with Gasteiger partial charge in [-0.25, -0.2) is 9.34 Å². The van der Waals surface area contributed by atoms with Crippen LogP contribution >= 0.6 is 7.67 Å². The van der Waals surface area contributed by atoms with Gasteiger partial charge in [0.1, 0.15) is 5.75 Å². The van der Waals surface area contributed by atoms with E-state index < -0.39 is 12.6 Å². The first-order valence-corrected chi connectivity index (χ1v) is 10.1. The molecule has 10 heteroatoms. The quantitative estimate of drug-likeness (QED) is 0.293. The number of nitrogens with zero attached hydrogens (tertiary/aromatic N) is 4. The fourth-order valence-electron chi connectivity index (χ4n) is 2.76. The molecular weight excluding hydrogens is 371 g/mol. The van der Waals surface area contributed by atoms with Gasteiger partial charge in [0.25, 0.3) is 0 Å². The standard InChI is InChI=1S/C17H19N4O5P/c1-13-14(12-25-27(24,19-7-8-19)20-9-10-20)4-5-16(21(22)23)17(13)26-15-3-2-6-18-11-15/h2-6,11H,7-10,12H2,1H3. The molecule has 9 nitrogen and oxygen atoms in total. The van der Waals surface area contributed by atoms with Crippen molar-refractivity contribution in [2.24, 2.45) is 0 Å². The molecule has 2 aromatic rings. The normalized spacial score (nSPS) is 16.9. The van der Waals surface area contributed by atoms with Crippen LogP contribution in [0.15, 0.2) is 36.7 Å². The number of aromatic nitrogens is 1. The molecule has 27 heavy (non-hydrogen) atoms. The topological polar surface area (TPSA) is 97.6 Å². The maximum Gasteiger partial charge on any atom is 0.346 e. The number of pyridine rings is 1. The molecule has 0 saturated carbocycles. The minimum absolute atomic E-state index is 0.0947. The Hall–Kier alpha value is -2.32. The average Bonchev–Trinajstić information content (AvgIpc) is 3.55. The Morgan fingerprint density at radius 3 is 2.48 bits per heavy atom. The molecule has 0 N–H and O–H groups in total. The van der Waals surface area contributed by atoms with Crippen LogP contribution in [0.4, 0.5) is 5.69 Å². The van der Waals surface area contributed by atoms with E-state index in [-0.39, 0.29) is 18.0 Å². The Morgan fingerprint density at radius 1 is 1.22 bits per heavy atom. The molecule has 0 spiro atoms. The smallest absolute Gasteiger partial charge is 0.346 e. The fraction of sp³-hybridized carbons (Fsp3) is 0.353. The highest BCUT2D eigenvalue weighted by molar-refractivity contribution is 7.54. The van der Waals surface area contributed by atoms with E-state index in [2.05, 4.69) is 4.98 Å². The number of ether oxygens (including phenoxy) is 1. The third kappa shape index (κ3) is 3.72. The predicted octanol–water partition coefficient (Wildman–Crippen LogP) is 3.35. The largest absolute Gasteiger partial charge is 0.448 e. The van der Waals surface area contributed by atoms with Crippen molar-refractivity contribution in [2.75, 3.05) is 26.2 Å². The van der Waals surface area contributed by atoms with E-state index in [1.54, 1.807) is 31.3 Å². The minimum atomic E-state index is -2.96. The van der Waals surface area contributed by atoms with Crippen LogP contribution < -0.4 is 4.74 Å². The summed E-state index contributed by atoms with van der Waals surface area (Å²) in [6.45, 7) is 4.89. The molecule has 0 atom stereocenters. The highest BCUT2D eigenvalue weighted by Gasteiger charge is 2.49. The maximum atomic E-state index is 13.1. The van der Waals surface area contributed by atoms with Gasteiger partial charge in [-0.05, 0) is 30.7 Å². The number of benzene rings is 1. The van der Waals surface area contributed by atoms with Crippen LogP contribution in [0, 0.1) is 17.0 Å². The van der Waals surface area contributed by atoms with Crippen molar-refractivity contribution < 1.29 is 18.7 Å². The third-order valence-electron chi connectivity index (χ3n) is 4.50. The lowest BCUT2D eigenvalue weighted by Crippen LogP contribution is -2.09. The van der Waals surface area contributed by atoms with E-state index in [4.69, 9.17) is 9.26 Å². The summed E-state index contributed by atoms with van der Waals surface area (Å²) in [4.78, 5) is 14.9. The van der Waals surface area contributed by atoms with Crippen molar-refractivity contribution >= 4 is 13.4 Å². The molecular formula is C17H19N4O5P. The van der Waals surface area contributed by atoms with E-state index in [0.29, 0.717) is 16.9 Å². The molecule has 3 heterocycles. The molecule has 4 rings (SSSR count). The second-order valence-electron chi connectivity index (χ2n) is 6.42. The molecule has 2 saturated heterocycles. The van der Waals surface area contributed by atoms with Crippen LogP contribution in [0.3, 0.4) is 0 Å². The van der Waals surface area contributed by atoms with Gasteiger partial charge in [-0.15, -0.1) is 0 Å². The molecule has 2 aliphatic heterocycles. The van der Waals surface area contributed by atoms with Crippen molar-refractivity contribution in [3.63, 3.8) is 0 Å². The molecule has 142 valence electrons. The van der Waals surface area contributed by atoms with Gasteiger partial charge < -0.3 is 9.26 Å². The van der Waals surface area contributed by atoms with Crippen molar-refractivity contribution in [3.05, 3.63) is 57.9 Å². The van der Waals surface area contributed by atoms with Gasteiger partial charge in [0, 0.05) is 44.0 Å². The monoisotopic (exact) mass is 390 g/mol. The molecule has 2 fully saturated rings. The molecule has 2 aliphatic rings. The molecule has 1 aromatic heterocycles. The van der Waals surface area contributed by atoms with Crippen molar-refractivity contribution in [1.29, 1.82) is 0 Å². The van der Waals surface area contributed by atoms with E-state index >= 15 is 0 Å². The van der Waals surface area contributed by atoms with Gasteiger partial charge >= 0.3 is 13.4 Å². The maximum absolute atomic E-state index is 13.1. The SMILES string of the molecule is Cc1c(COP(=O)(N2CC2)N2CC2)ccc([N+](=O)[O-])c1Oc1cccnc1. The fourth-order valence-corrected chi connectivity index (χ4v) is 4.94. The van der Waals surface area contributed by atoms with Crippen LogP contribution in [0.25, 0.3) is 0 Å². The van der Waals surface area contributed by atoms with E-state index in [1.807, 2.05) is 9.34 Å². The highest BCUT2D eigenvalue weighted by Crippen LogP contribution is 2.61. The highest BCUT2D eigenvalue weighted by atomic mass is 31.2. The van der Waals surface area contributed by atoms with Crippen molar-refractivity contribution in [2.45, 2.75) is 13.5 Å². The Labute approximate surface area is 156 Å². The van der Waals surface area contributed by atoms with E-state index in [1.165, 1.54) is 12.3 Å². The molecule has 0 unspecified atom stereocenters. The first-order chi connectivity index (χ1) is 13.0. The number of nitro groups is 1. The average molecular weight is 390 g/mol. The van der Waals surface area contributed by atoms with Crippen molar-refractivity contribution in [1.82, 2.24) is 14.3 Å². The summed E-state index contributed by atoms with van der Waals surface area (Å²) in [6, 6.07) is 6.37. The van der Waals surface area contributed by atoms with Gasteiger partial charge in [0.05, 0.1) is 17.7 Å². The van der Waals surface area contributed by atoms with Gasteiger partial charge in [-0.1, -0.05) is 0 Å². The molecule has 0 aliphatic carbocycles. The van der Waals surface area contributed by atoms with Crippen LogP contribution in [0.5, 0.6) is 11.5 Å². The zero-order chi connectivity index (χ0) is 19.0. The molecule has 0 amide bonds. The predicted molar refractivity (Wildman–Crippen MR) is 97.7 cm³/mol. The zero-order valence-electron chi connectivity index (χ0n) is 14.8. The van der Waals surface area contributed by atoms with Crippen LogP contribution in [-0.2, 0) is 15.7 Å². The second kappa shape index (κ2) is 7.01. The molecule has 0 radical (unpaired) electrons. The van der Waals surface area contributed by atoms with Gasteiger partial charge in [0.2, 0.25) is 5.75 Å². The van der Waals surface area contributed by atoms with E-state index in [9.17, 15) is 14.7 Å². The zero-order valence-corrected chi connectivity index (χ0v) is 15.7. The third-order valence-corrected chi connectivity index (χ3v) is 7.19. The number of hydrogen-bond acceptors (Lipinski definition) is 6.